The second kappa shape index (κ2) is 7.59. The Morgan fingerprint density at radius 1 is 1.50 bits per heavy atom. The van der Waals surface area contributed by atoms with Gasteiger partial charge in [0.25, 0.3) is 0 Å². The van der Waals surface area contributed by atoms with E-state index in [0.29, 0.717) is 10.9 Å². The lowest BCUT2D eigenvalue weighted by molar-refractivity contribution is -0.117. The Balaban J connectivity index is 1.85. The Kier molecular flexibility index (Phi) is 5.79. The monoisotopic (exact) mass is 327 g/mol. The van der Waals surface area contributed by atoms with Crippen LogP contribution in [0.5, 0.6) is 0 Å². The maximum Gasteiger partial charge on any atom is 0.244 e. The lowest BCUT2D eigenvalue weighted by atomic mass is 10.3. The van der Waals surface area contributed by atoms with Gasteiger partial charge in [-0.2, -0.15) is 0 Å². The van der Waals surface area contributed by atoms with Crippen LogP contribution in [0.15, 0.2) is 35.7 Å². The number of hydrogen-bond acceptors (Lipinski definition) is 4. The van der Waals surface area contributed by atoms with E-state index in [2.05, 4.69) is 5.32 Å². The van der Waals surface area contributed by atoms with Crippen LogP contribution < -0.4 is 5.32 Å². The minimum atomic E-state index is -0.174. The molecule has 2 rings (SSSR count). The highest BCUT2D eigenvalue weighted by Crippen LogP contribution is 2.28. The van der Waals surface area contributed by atoms with Crippen molar-refractivity contribution < 1.29 is 9.53 Å². The van der Waals surface area contributed by atoms with E-state index in [-0.39, 0.29) is 12.0 Å². The van der Waals surface area contributed by atoms with Gasteiger partial charge in [-0.05, 0) is 29.7 Å². The summed E-state index contributed by atoms with van der Waals surface area (Å²) in [5.41, 5.74) is 0. The molecular formula is C14H14ClNO2S2. The van der Waals surface area contributed by atoms with Crippen LogP contribution in [0.25, 0.3) is 6.08 Å². The summed E-state index contributed by atoms with van der Waals surface area (Å²) in [6, 6.07) is 7.64. The summed E-state index contributed by atoms with van der Waals surface area (Å²) in [7, 11) is 1.62. The summed E-state index contributed by atoms with van der Waals surface area (Å²) in [5.74, 6) is -0.136. The lowest BCUT2D eigenvalue weighted by Crippen LogP contribution is -2.27. The molecule has 6 heteroatoms. The first kappa shape index (κ1) is 15.3. The van der Waals surface area contributed by atoms with Crippen LogP contribution in [0.2, 0.25) is 4.34 Å². The first-order valence-electron chi connectivity index (χ1n) is 5.96. The van der Waals surface area contributed by atoms with Crippen LogP contribution in [0.4, 0.5) is 0 Å². The predicted octanol–water partition coefficient (Wildman–Crippen LogP) is 3.98. The van der Waals surface area contributed by atoms with Crippen LogP contribution in [0.3, 0.4) is 0 Å². The molecular weight excluding hydrogens is 314 g/mol. The van der Waals surface area contributed by atoms with Gasteiger partial charge in [-0.15, -0.1) is 22.7 Å². The largest absolute Gasteiger partial charge is 0.374 e. The molecule has 0 bridgehead atoms. The summed E-state index contributed by atoms with van der Waals surface area (Å²) in [6.07, 6.45) is 3.15. The smallest absolute Gasteiger partial charge is 0.244 e. The van der Waals surface area contributed by atoms with E-state index < -0.39 is 0 Å². The summed E-state index contributed by atoms with van der Waals surface area (Å²) >= 11 is 8.94. The molecule has 0 saturated heterocycles. The van der Waals surface area contributed by atoms with Crippen molar-refractivity contribution in [3.8, 4) is 0 Å². The van der Waals surface area contributed by atoms with Crippen molar-refractivity contribution in [2.24, 2.45) is 0 Å². The highest BCUT2D eigenvalue weighted by molar-refractivity contribution is 7.16. The zero-order chi connectivity index (χ0) is 14.4. The molecule has 20 heavy (non-hydrogen) atoms. The third kappa shape index (κ3) is 4.45. The van der Waals surface area contributed by atoms with Gasteiger partial charge < -0.3 is 10.1 Å². The SMILES string of the molecule is COC(CNC(=O)/C=C/c1cccs1)c1ccc(Cl)s1. The fourth-order valence-electron chi connectivity index (χ4n) is 1.60. The van der Waals surface area contributed by atoms with Crippen LogP contribution in [0, 0.1) is 0 Å². The number of carbonyl (C=O) groups excluding carboxylic acids is 1. The van der Waals surface area contributed by atoms with E-state index in [9.17, 15) is 4.79 Å². The molecule has 2 aromatic rings. The van der Waals surface area contributed by atoms with E-state index in [1.165, 1.54) is 17.4 Å². The normalized spacial score (nSPS) is 12.7. The number of thiophene rings is 2. The quantitative estimate of drug-likeness (QED) is 0.815. The van der Waals surface area contributed by atoms with Crippen molar-refractivity contribution in [1.29, 1.82) is 0 Å². The van der Waals surface area contributed by atoms with E-state index in [1.807, 2.05) is 29.6 Å². The summed E-state index contributed by atoms with van der Waals surface area (Å²) in [6.45, 7) is 0.418. The number of nitrogens with one attached hydrogen (secondary N) is 1. The predicted molar refractivity (Wildman–Crippen MR) is 85.4 cm³/mol. The number of hydrogen-bond donors (Lipinski definition) is 1. The first-order chi connectivity index (χ1) is 9.69. The van der Waals surface area contributed by atoms with Crippen molar-refractivity contribution in [1.82, 2.24) is 5.32 Å². The molecule has 1 N–H and O–H groups in total. The Morgan fingerprint density at radius 2 is 2.35 bits per heavy atom. The molecule has 0 fully saturated rings. The number of amides is 1. The van der Waals surface area contributed by atoms with Gasteiger partial charge in [-0.3, -0.25) is 4.79 Å². The van der Waals surface area contributed by atoms with Crippen LogP contribution in [-0.2, 0) is 9.53 Å². The van der Waals surface area contributed by atoms with E-state index in [4.69, 9.17) is 16.3 Å². The van der Waals surface area contributed by atoms with E-state index in [1.54, 1.807) is 24.5 Å². The average molecular weight is 328 g/mol. The molecule has 0 aliphatic heterocycles. The molecule has 0 aliphatic carbocycles. The highest BCUT2D eigenvalue weighted by atomic mass is 35.5. The number of rotatable bonds is 6. The van der Waals surface area contributed by atoms with Crippen LogP contribution >= 0.6 is 34.3 Å². The summed E-state index contributed by atoms with van der Waals surface area (Å²) in [4.78, 5) is 13.8. The number of halogens is 1. The molecule has 1 atom stereocenters. The third-order valence-corrected chi connectivity index (χ3v) is 4.76. The van der Waals surface area contributed by atoms with Crippen molar-refractivity contribution in [2.45, 2.75) is 6.10 Å². The Labute approximate surface area is 130 Å². The molecule has 3 nitrogen and oxygen atoms in total. The van der Waals surface area contributed by atoms with Gasteiger partial charge in [-0.1, -0.05) is 17.7 Å². The molecule has 1 unspecified atom stereocenters. The Hall–Kier alpha value is -1.14. The minimum absolute atomic E-state index is 0.136. The van der Waals surface area contributed by atoms with Gasteiger partial charge in [0.15, 0.2) is 0 Å². The zero-order valence-electron chi connectivity index (χ0n) is 10.8. The van der Waals surface area contributed by atoms with Gasteiger partial charge >= 0.3 is 0 Å². The number of ether oxygens (including phenoxy) is 1. The lowest BCUT2D eigenvalue weighted by Gasteiger charge is -2.13. The molecule has 0 spiro atoms. The van der Waals surface area contributed by atoms with E-state index >= 15 is 0 Å². The minimum Gasteiger partial charge on any atom is -0.374 e. The van der Waals surface area contributed by atoms with Gasteiger partial charge in [0.1, 0.15) is 6.10 Å². The molecule has 0 radical (unpaired) electrons. The second-order valence-corrected chi connectivity index (χ2v) is 6.69. The molecule has 0 aliphatic rings. The topological polar surface area (TPSA) is 38.3 Å². The average Bonchev–Trinajstić information content (AvgIpc) is 3.09. The van der Waals surface area contributed by atoms with Gasteiger partial charge in [-0.25, -0.2) is 0 Å². The van der Waals surface area contributed by atoms with Crippen LogP contribution in [-0.4, -0.2) is 19.6 Å². The van der Waals surface area contributed by atoms with Gasteiger partial charge in [0, 0.05) is 29.5 Å². The number of carbonyl (C=O) groups is 1. The third-order valence-electron chi connectivity index (χ3n) is 2.60. The molecule has 2 aromatic heterocycles. The fourth-order valence-corrected chi connectivity index (χ4v) is 3.35. The fraction of sp³-hybridized carbons (Fsp3) is 0.214. The molecule has 2 heterocycles. The highest BCUT2D eigenvalue weighted by Gasteiger charge is 2.13. The Bertz CT molecular complexity index is 578. The number of methoxy groups -OCH3 is 1. The van der Waals surface area contributed by atoms with Crippen molar-refractivity contribution in [2.75, 3.05) is 13.7 Å². The van der Waals surface area contributed by atoms with Crippen molar-refractivity contribution in [3.63, 3.8) is 0 Å². The summed E-state index contributed by atoms with van der Waals surface area (Å²) in [5, 5.41) is 4.79. The molecule has 106 valence electrons. The maximum atomic E-state index is 11.7. The van der Waals surface area contributed by atoms with E-state index in [0.717, 1.165) is 9.75 Å². The van der Waals surface area contributed by atoms with Crippen molar-refractivity contribution >= 4 is 46.3 Å². The van der Waals surface area contributed by atoms with Gasteiger partial charge in [0.2, 0.25) is 5.91 Å². The molecule has 0 saturated carbocycles. The Morgan fingerprint density at radius 3 is 2.95 bits per heavy atom. The maximum absolute atomic E-state index is 11.7. The standard InChI is InChI=1S/C14H14ClNO2S2/c1-18-11(12-5-6-13(15)20-12)9-16-14(17)7-4-10-3-2-8-19-10/h2-8,11H,9H2,1H3,(H,16,17)/b7-4+. The first-order valence-corrected chi connectivity index (χ1v) is 8.04. The van der Waals surface area contributed by atoms with Gasteiger partial charge in [0.05, 0.1) is 4.34 Å². The van der Waals surface area contributed by atoms with Crippen LogP contribution in [0.1, 0.15) is 15.9 Å². The van der Waals surface area contributed by atoms with Crippen molar-refractivity contribution in [3.05, 3.63) is 49.8 Å². The molecule has 0 aromatic carbocycles. The molecule has 1 amide bonds. The summed E-state index contributed by atoms with van der Waals surface area (Å²) < 4.78 is 6.08. The second-order valence-electron chi connectivity index (χ2n) is 3.96. The zero-order valence-corrected chi connectivity index (χ0v) is 13.2.